The summed E-state index contributed by atoms with van der Waals surface area (Å²) in [6.07, 6.45) is 3.42. The second-order valence-corrected chi connectivity index (χ2v) is 11.9. The minimum absolute atomic E-state index is 0.0942. The number of benzene rings is 2. The Balaban J connectivity index is 1.70. The third-order valence-electron chi connectivity index (χ3n) is 7.86. The van der Waals surface area contributed by atoms with Crippen LogP contribution in [-0.2, 0) is 14.6 Å². The van der Waals surface area contributed by atoms with Crippen LogP contribution < -0.4 is 9.47 Å². The average molecular weight is 470 g/mol. The molecule has 0 N–H and O–H groups in total. The summed E-state index contributed by atoms with van der Waals surface area (Å²) in [5.74, 6) is 0.464. The molecule has 1 aliphatic carbocycles. The molecular formula is C26H31NO5S. The third-order valence-corrected chi connectivity index (χ3v) is 9.95. The normalized spacial score (nSPS) is 28.7. The first-order valence-corrected chi connectivity index (χ1v) is 13.2. The number of amides is 1. The van der Waals surface area contributed by atoms with Crippen LogP contribution in [0.5, 0.6) is 11.5 Å². The standard InChI is InChI=1S/C26H31NO5S/c1-16(2)17-11-13-18(14-12-17)33(29,30)24-22-19-8-7-10-21(31-4)23(19)32-26(27(3)25(24)28)15-6-5-9-20(22)26/h7-8,10-14,16,20,22,24H,5-6,9,15H2,1-4H3/t20-,22+,24-,26+/m1/s1. The SMILES string of the molecule is COc1cccc2c1O[C@@]13CCCC[C@@H]1[C@H]2[C@@H](S(=O)(=O)c1ccc(C(C)C)cc1)C(=O)N3C. The lowest BCUT2D eigenvalue weighted by atomic mass is 9.65. The number of piperidine rings is 1. The molecular weight excluding hydrogens is 438 g/mol. The summed E-state index contributed by atoms with van der Waals surface area (Å²) < 4.78 is 40.3. The largest absolute Gasteiger partial charge is 0.493 e. The van der Waals surface area contributed by atoms with Gasteiger partial charge in [0.15, 0.2) is 32.3 Å². The molecule has 0 spiro atoms. The molecule has 1 amide bonds. The van der Waals surface area contributed by atoms with Crippen LogP contribution in [-0.4, -0.2) is 44.4 Å². The molecule has 2 aromatic rings. The lowest BCUT2D eigenvalue weighted by Gasteiger charge is -2.59. The van der Waals surface area contributed by atoms with Gasteiger partial charge < -0.3 is 14.4 Å². The number of rotatable bonds is 4. The number of likely N-dealkylation sites (tertiary alicyclic amines) is 1. The van der Waals surface area contributed by atoms with Crippen LogP contribution >= 0.6 is 0 Å². The molecule has 2 aromatic carbocycles. The number of carbonyl (C=O) groups is 1. The Morgan fingerprint density at radius 1 is 1.12 bits per heavy atom. The van der Waals surface area contributed by atoms with Crippen LogP contribution in [0.3, 0.4) is 0 Å². The maximum absolute atomic E-state index is 14.0. The van der Waals surface area contributed by atoms with E-state index in [0.717, 1.165) is 30.4 Å². The van der Waals surface area contributed by atoms with Gasteiger partial charge in [0.2, 0.25) is 5.91 Å². The van der Waals surface area contributed by atoms with Crippen molar-refractivity contribution >= 4 is 15.7 Å². The number of methoxy groups -OCH3 is 1. The van der Waals surface area contributed by atoms with Gasteiger partial charge in [-0.3, -0.25) is 4.79 Å². The van der Waals surface area contributed by atoms with Gasteiger partial charge in [0.05, 0.1) is 12.0 Å². The number of para-hydroxylation sites is 1. The molecule has 2 heterocycles. The molecule has 2 aliphatic heterocycles. The molecule has 4 atom stereocenters. The molecule has 6 nitrogen and oxygen atoms in total. The predicted octanol–water partition coefficient (Wildman–Crippen LogP) is 4.50. The lowest BCUT2D eigenvalue weighted by molar-refractivity contribution is -0.191. The van der Waals surface area contributed by atoms with Gasteiger partial charge in [0.25, 0.3) is 0 Å². The van der Waals surface area contributed by atoms with Crippen LogP contribution in [0.25, 0.3) is 0 Å². The van der Waals surface area contributed by atoms with Crippen LogP contribution in [0, 0.1) is 5.92 Å². The fourth-order valence-corrected chi connectivity index (χ4v) is 8.06. The maximum atomic E-state index is 14.0. The van der Waals surface area contributed by atoms with Gasteiger partial charge in [-0.05, 0) is 42.5 Å². The van der Waals surface area contributed by atoms with E-state index < -0.39 is 26.7 Å². The Morgan fingerprint density at radius 2 is 1.85 bits per heavy atom. The van der Waals surface area contributed by atoms with E-state index >= 15 is 0 Å². The summed E-state index contributed by atoms with van der Waals surface area (Å²) >= 11 is 0. The van der Waals surface area contributed by atoms with Crippen molar-refractivity contribution in [2.45, 2.75) is 67.2 Å². The molecule has 0 radical (unpaired) electrons. The van der Waals surface area contributed by atoms with Gasteiger partial charge in [-0.1, -0.05) is 44.5 Å². The van der Waals surface area contributed by atoms with E-state index in [2.05, 4.69) is 13.8 Å². The van der Waals surface area contributed by atoms with Crippen LogP contribution in [0.2, 0.25) is 0 Å². The van der Waals surface area contributed by atoms with Gasteiger partial charge in [-0.25, -0.2) is 8.42 Å². The van der Waals surface area contributed by atoms with Gasteiger partial charge in [-0.2, -0.15) is 0 Å². The summed E-state index contributed by atoms with van der Waals surface area (Å²) in [6, 6.07) is 12.6. The van der Waals surface area contributed by atoms with Crippen molar-refractivity contribution in [1.82, 2.24) is 4.90 Å². The van der Waals surface area contributed by atoms with Crippen molar-refractivity contribution in [3.8, 4) is 11.5 Å². The van der Waals surface area contributed by atoms with Crippen molar-refractivity contribution in [3.63, 3.8) is 0 Å². The lowest BCUT2D eigenvalue weighted by Crippen LogP contribution is -2.71. The van der Waals surface area contributed by atoms with Crippen molar-refractivity contribution in [2.24, 2.45) is 5.92 Å². The number of carbonyl (C=O) groups excluding carboxylic acids is 1. The molecule has 5 rings (SSSR count). The fraction of sp³-hybridized carbons (Fsp3) is 0.500. The second kappa shape index (κ2) is 7.76. The number of fused-ring (bicyclic) bond motifs is 2. The zero-order valence-corrected chi connectivity index (χ0v) is 20.4. The average Bonchev–Trinajstić information content (AvgIpc) is 2.82. The molecule has 1 saturated heterocycles. The molecule has 2 bridgehead atoms. The number of sulfone groups is 1. The molecule has 1 saturated carbocycles. The summed E-state index contributed by atoms with van der Waals surface area (Å²) in [5, 5.41) is -1.20. The first-order chi connectivity index (χ1) is 15.7. The predicted molar refractivity (Wildman–Crippen MR) is 125 cm³/mol. The summed E-state index contributed by atoms with van der Waals surface area (Å²) in [4.78, 5) is 15.6. The monoisotopic (exact) mass is 469 g/mol. The fourth-order valence-electron chi connectivity index (χ4n) is 6.10. The van der Waals surface area contributed by atoms with E-state index in [1.54, 1.807) is 31.2 Å². The van der Waals surface area contributed by atoms with E-state index in [-0.39, 0.29) is 16.7 Å². The minimum atomic E-state index is -3.94. The van der Waals surface area contributed by atoms with Crippen LogP contribution in [0.1, 0.15) is 62.5 Å². The van der Waals surface area contributed by atoms with Gasteiger partial charge >= 0.3 is 0 Å². The summed E-state index contributed by atoms with van der Waals surface area (Å²) in [7, 11) is -0.663. The van der Waals surface area contributed by atoms with E-state index in [1.165, 1.54) is 0 Å². The zero-order chi connectivity index (χ0) is 23.5. The molecule has 176 valence electrons. The molecule has 0 unspecified atom stereocenters. The van der Waals surface area contributed by atoms with Gasteiger partial charge in [-0.15, -0.1) is 0 Å². The van der Waals surface area contributed by atoms with E-state index in [1.807, 2.05) is 30.3 Å². The Morgan fingerprint density at radius 3 is 2.52 bits per heavy atom. The van der Waals surface area contributed by atoms with Gasteiger partial charge in [0.1, 0.15) is 0 Å². The highest BCUT2D eigenvalue weighted by Gasteiger charge is 2.65. The molecule has 2 fully saturated rings. The van der Waals surface area contributed by atoms with E-state index in [9.17, 15) is 13.2 Å². The first kappa shape index (κ1) is 22.3. The number of hydrogen-bond acceptors (Lipinski definition) is 5. The molecule has 33 heavy (non-hydrogen) atoms. The Hall–Kier alpha value is -2.54. The van der Waals surface area contributed by atoms with E-state index in [4.69, 9.17) is 9.47 Å². The summed E-state index contributed by atoms with van der Waals surface area (Å²) in [5.41, 5.74) is 0.981. The number of ether oxygens (including phenoxy) is 2. The van der Waals surface area contributed by atoms with Crippen LogP contribution in [0.4, 0.5) is 0 Å². The minimum Gasteiger partial charge on any atom is -0.493 e. The van der Waals surface area contributed by atoms with Crippen molar-refractivity contribution in [1.29, 1.82) is 0 Å². The van der Waals surface area contributed by atoms with Crippen molar-refractivity contribution in [2.75, 3.05) is 14.2 Å². The number of nitrogens with zero attached hydrogens (tertiary/aromatic N) is 1. The Kier molecular flexibility index (Phi) is 5.23. The van der Waals surface area contributed by atoms with E-state index in [0.29, 0.717) is 23.8 Å². The topological polar surface area (TPSA) is 72.9 Å². The Labute approximate surface area is 195 Å². The van der Waals surface area contributed by atoms with Crippen molar-refractivity contribution < 1.29 is 22.7 Å². The second-order valence-electron chi connectivity index (χ2n) is 9.79. The highest BCUT2D eigenvalue weighted by molar-refractivity contribution is 7.92. The smallest absolute Gasteiger partial charge is 0.244 e. The zero-order valence-electron chi connectivity index (χ0n) is 19.6. The highest BCUT2D eigenvalue weighted by Crippen LogP contribution is 2.59. The number of hydrogen-bond donors (Lipinski definition) is 0. The van der Waals surface area contributed by atoms with Crippen molar-refractivity contribution in [3.05, 3.63) is 53.6 Å². The molecule has 0 aromatic heterocycles. The Bertz CT molecular complexity index is 1190. The van der Waals surface area contributed by atoms with Gasteiger partial charge in [0, 0.05) is 30.9 Å². The quantitative estimate of drug-likeness (QED) is 0.659. The highest BCUT2D eigenvalue weighted by atomic mass is 32.2. The third kappa shape index (κ3) is 3.11. The molecule has 7 heteroatoms. The molecule has 3 aliphatic rings. The summed E-state index contributed by atoms with van der Waals surface area (Å²) in [6.45, 7) is 4.14. The first-order valence-electron chi connectivity index (χ1n) is 11.7. The van der Waals surface area contributed by atoms with Crippen LogP contribution in [0.15, 0.2) is 47.4 Å². The maximum Gasteiger partial charge on any atom is 0.244 e.